The molecule has 4 bridgehead atoms. The van der Waals surface area contributed by atoms with Gasteiger partial charge in [-0.3, -0.25) is 9.59 Å². The Labute approximate surface area is 166 Å². The van der Waals surface area contributed by atoms with E-state index in [1.807, 2.05) is 30.3 Å². The van der Waals surface area contributed by atoms with Gasteiger partial charge in [-0.2, -0.15) is 0 Å². The summed E-state index contributed by atoms with van der Waals surface area (Å²) in [4.78, 5) is 36.6. The van der Waals surface area contributed by atoms with Gasteiger partial charge in [-0.05, 0) is 73.2 Å². The van der Waals surface area contributed by atoms with Crippen molar-refractivity contribution in [2.24, 2.45) is 29.1 Å². The molecular formula is C23H30O5. The molecule has 5 rings (SSSR count). The molecule has 2 N–H and O–H groups in total. The fourth-order valence-corrected chi connectivity index (χ4v) is 6.27. The number of benzene rings is 1. The molecule has 0 spiro atoms. The van der Waals surface area contributed by atoms with E-state index in [0.717, 1.165) is 23.3 Å². The Balaban J connectivity index is 0.00000225. The van der Waals surface area contributed by atoms with E-state index in [2.05, 4.69) is 6.92 Å². The molecule has 0 saturated heterocycles. The monoisotopic (exact) mass is 386 g/mol. The first-order chi connectivity index (χ1) is 12.9. The van der Waals surface area contributed by atoms with Crippen molar-refractivity contribution in [2.75, 3.05) is 0 Å². The highest BCUT2D eigenvalue weighted by Gasteiger charge is 2.53. The van der Waals surface area contributed by atoms with E-state index < -0.39 is 17.5 Å². The van der Waals surface area contributed by atoms with Gasteiger partial charge in [0.05, 0.1) is 0 Å². The zero-order valence-corrected chi connectivity index (χ0v) is 16.5. The number of hydrogen-bond acceptors (Lipinski definition) is 4. The number of carbonyl (C=O) groups excluding carboxylic acids is 3. The molecule has 28 heavy (non-hydrogen) atoms. The maximum Gasteiger partial charge on any atom is 0.383 e. The van der Waals surface area contributed by atoms with E-state index in [0.29, 0.717) is 0 Å². The number of ether oxygens (including phenoxy) is 1. The largest absolute Gasteiger partial charge is 0.455 e. The van der Waals surface area contributed by atoms with E-state index in [1.54, 1.807) is 0 Å². The van der Waals surface area contributed by atoms with Crippen molar-refractivity contribution in [1.29, 1.82) is 0 Å². The van der Waals surface area contributed by atoms with E-state index in [4.69, 9.17) is 4.74 Å². The molecule has 0 amide bonds. The van der Waals surface area contributed by atoms with E-state index >= 15 is 0 Å². The molecule has 0 aliphatic heterocycles. The first-order valence-electron chi connectivity index (χ1n) is 10.2. The molecule has 5 heteroatoms. The molecule has 0 heterocycles. The van der Waals surface area contributed by atoms with Crippen LogP contribution in [0, 0.1) is 29.1 Å². The van der Waals surface area contributed by atoms with E-state index in [9.17, 15) is 14.4 Å². The minimum absolute atomic E-state index is 0. The van der Waals surface area contributed by atoms with Gasteiger partial charge in [0.15, 0.2) is 0 Å². The third-order valence-electron chi connectivity index (χ3n) is 7.27. The predicted molar refractivity (Wildman–Crippen MR) is 104 cm³/mol. The summed E-state index contributed by atoms with van der Waals surface area (Å²) in [7, 11) is 0. The molecule has 1 aromatic carbocycles. The summed E-state index contributed by atoms with van der Waals surface area (Å²) in [6, 6.07) is 9.17. The number of rotatable bonds is 7. The predicted octanol–water partition coefficient (Wildman–Crippen LogP) is 3.29. The van der Waals surface area contributed by atoms with Crippen LogP contribution < -0.4 is 0 Å². The average molecular weight is 386 g/mol. The van der Waals surface area contributed by atoms with Crippen LogP contribution in [0.3, 0.4) is 0 Å². The molecular weight excluding hydrogens is 356 g/mol. The van der Waals surface area contributed by atoms with Crippen LogP contribution in [-0.2, 0) is 25.7 Å². The number of Topliss-reactive ketones (excluding diaryl/α,β-unsaturated/α-hetero) is 2. The zero-order valence-electron chi connectivity index (χ0n) is 16.5. The third-order valence-corrected chi connectivity index (χ3v) is 7.27. The van der Waals surface area contributed by atoms with Crippen LogP contribution in [-0.4, -0.2) is 23.0 Å². The van der Waals surface area contributed by atoms with Crippen LogP contribution in [0.4, 0.5) is 0 Å². The highest BCUT2D eigenvalue weighted by atomic mass is 16.5. The van der Waals surface area contributed by atoms with Gasteiger partial charge in [-0.25, -0.2) is 4.79 Å². The standard InChI is InChI=1S/C23H28O4.H2O/c1-15(23-11-17-8-18(12-23)10-19(9-17)13-23)7-20(24)21(25)22(26)27-14-16-5-3-2-4-6-16;/h2-6,15,17-19H,7-14H2,1H3;1H2. The van der Waals surface area contributed by atoms with Crippen LogP contribution in [0.5, 0.6) is 0 Å². The normalized spacial score (nSPS) is 31.0. The lowest BCUT2D eigenvalue weighted by Gasteiger charge is -2.59. The van der Waals surface area contributed by atoms with Crippen molar-refractivity contribution >= 4 is 17.5 Å². The molecule has 0 radical (unpaired) electrons. The average Bonchev–Trinajstić information content (AvgIpc) is 2.65. The molecule has 152 valence electrons. The lowest BCUT2D eigenvalue weighted by molar-refractivity contribution is -0.158. The first-order valence-corrected chi connectivity index (χ1v) is 10.2. The Kier molecular flexibility index (Phi) is 6.04. The third kappa shape index (κ3) is 4.04. The quantitative estimate of drug-likeness (QED) is 0.408. The minimum Gasteiger partial charge on any atom is -0.455 e. The molecule has 4 aliphatic carbocycles. The fourth-order valence-electron chi connectivity index (χ4n) is 6.27. The summed E-state index contributed by atoms with van der Waals surface area (Å²) >= 11 is 0. The highest BCUT2D eigenvalue weighted by molar-refractivity contribution is 6.62. The second-order valence-corrected chi connectivity index (χ2v) is 9.20. The maximum absolute atomic E-state index is 12.4. The zero-order chi connectivity index (χ0) is 19.0. The Morgan fingerprint density at radius 3 is 2.07 bits per heavy atom. The number of carbonyl (C=O) groups is 3. The molecule has 1 atom stereocenters. The molecule has 1 unspecified atom stereocenters. The molecule has 4 fully saturated rings. The summed E-state index contributed by atoms with van der Waals surface area (Å²) < 4.78 is 5.03. The SMILES string of the molecule is CC(CC(=O)C(=O)C(=O)OCc1ccccc1)C12CC3CC(CC(C3)C1)C2.O. The topological polar surface area (TPSA) is 91.9 Å². The summed E-state index contributed by atoms with van der Waals surface area (Å²) in [5, 5.41) is 0. The maximum atomic E-state index is 12.4. The van der Waals surface area contributed by atoms with E-state index in [1.165, 1.54) is 38.5 Å². The van der Waals surface area contributed by atoms with Crippen LogP contribution in [0.15, 0.2) is 30.3 Å². The van der Waals surface area contributed by atoms with Crippen molar-refractivity contribution in [3.8, 4) is 0 Å². The Morgan fingerprint density at radius 2 is 1.54 bits per heavy atom. The lowest BCUT2D eigenvalue weighted by atomic mass is 9.46. The lowest BCUT2D eigenvalue weighted by Crippen LogP contribution is -2.49. The molecule has 0 aromatic heterocycles. The summed E-state index contributed by atoms with van der Waals surface area (Å²) in [5.41, 5.74) is 1.01. The highest BCUT2D eigenvalue weighted by Crippen LogP contribution is 2.63. The second kappa shape index (κ2) is 8.16. The Bertz CT molecular complexity index is 703. The van der Waals surface area contributed by atoms with Gasteiger partial charge in [-0.15, -0.1) is 0 Å². The van der Waals surface area contributed by atoms with Crippen LogP contribution in [0.1, 0.15) is 57.4 Å². The van der Waals surface area contributed by atoms with Crippen molar-refractivity contribution in [3.05, 3.63) is 35.9 Å². The molecule has 4 aliphatic rings. The first kappa shape index (κ1) is 20.7. The van der Waals surface area contributed by atoms with Gasteiger partial charge in [0.2, 0.25) is 5.78 Å². The number of ketones is 2. The van der Waals surface area contributed by atoms with Gasteiger partial charge < -0.3 is 10.2 Å². The van der Waals surface area contributed by atoms with Crippen molar-refractivity contribution in [1.82, 2.24) is 0 Å². The minimum atomic E-state index is -1.03. The Hall–Kier alpha value is -2.01. The smallest absolute Gasteiger partial charge is 0.383 e. The van der Waals surface area contributed by atoms with Gasteiger partial charge in [-0.1, -0.05) is 37.3 Å². The van der Waals surface area contributed by atoms with Crippen LogP contribution in [0.25, 0.3) is 0 Å². The van der Waals surface area contributed by atoms with Gasteiger partial charge in [0.1, 0.15) is 6.61 Å². The number of esters is 1. The fraction of sp³-hybridized carbons (Fsp3) is 0.609. The molecule has 1 aromatic rings. The van der Waals surface area contributed by atoms with Crippen LogP contribution >= 0.6 is 0 Å². The van der Waals surface area contributed by atoms with Crippen LogP contribution in [0.2, 0.25) is 0 Å². The van der Waals surface area contributed by atoms with Gasteiger partial charge in [0, 0.05) is 6.42 Å². The van der Waals surface area contributed by atoms with Gasteiger partial charge >= 0.3 is 11.8 Å². The van der Waals surface area contributed by atoms with Crippen molar-refractivity contribution in [3.63, 3.8) is 0 Å². The summed E-state index contributed by atoms with van der Waals surface area (Å²) in [6.45, 7) is 2.12. The number of hydrogen-bond donors (Lipinski definition) is 0. The Morgan fingerprint density at radius 1 is 1.00 bits per heavy atom. The van der Waals surface area contributed by atoms with E-state index in [-0.39, 0.29) is 29.8 Å². The van der Waals surface area contributed by atoms with Gasteiger partial charge in [0.25, 0.3) is 0 Å². The summed E-state index contributed by atoms with van der Waals surface area (Å²) in [5.74, 6) is -0.0364. The second-order valence-electron chi connectivity index (χ2n) is 9.20. The summed E-state index contributed by atoms with van der Waals surface area (Å²) in [6.07, 6.45) is 7.81. The van der Waals surface area contributed by atoms with Crippen molar-refractivity contribution < 1.29 is 24.6 Å². The molecule has 4 saturated carbocycles. The molecule has 5 nitrogen and oxygen atoms in total. The van der Waals surface area contributed by atoms with Crippen molar-refractivity contribution in [2.45, 2.75) is 58.5 Å².